The highest BCUT2D eigenvalue weighted by Gasteiger charge is 2.59. The van der Waals surface area contributed by atoms with E-state index in [2.05, 4.69) is 37.0 Å². The molecule has 3 unspecified atom stereocenters. The van der Waals surface area contributed by atoms with Crippen LogP contribution in [-0.2, 0) is 7.05 Å². The van der Waals surface area contributed by atoms with Crippen LogP contribution in [0.25, 0.3) is 0 Å². The van der Waals surface area contributed by atoms with E-state index in [-0.39, 0.29) is 0 Å². The average Bonchev–Trinajstić information content (AvgIpc) is 2.78. The molecule has 4 fully saturated rings. The summed E-state index contributed by atoms with van der Waals surface area (Å²) >= 11 is 0. The molecule has 116 valence electrons. The molecule has 4 bridgehead atoms. The molecular weight excluding hydrogens is 258 g/mol. The molecule has 4 saturated carbocycles. The van der Waals surface area contributed by atoms with E-state index in [1.54, 1.807) is 0 Å². The maximum atomic E-state index is 4.72. The summed E-state index contributed by atoms with van der Waals surface area (Å²) < 4.78 is 2.23. The number of nitrogens with one attached hydrogen (secondary N) is 1. The molecule has 1 heterocycles. The van der Waals surface area contributed by atoms with E-state index in [4.69, 9.17) is 4.98 Å². The molecule has 3 nitrogen and oxygen atoms in total. The van der Waals surface area contributed by atoms with Crippen LogP contribution in [0.5, 0.6) is 0 Å². The normalized spacial score (nSPS) is 42.4. The molecule has 4 aliphatic carbocycles. The summed E-state index contributed by atoms with van der Waals surface area (Å²) in [6, 6.07) is 0.438. The Labute approximate surface area is 128 Å². The van der Waals surface area contributed by atoms with Gasteiger partial charge in [-0.3, -0.25) is 0 Å². The number of nitrogens with zero attached hydrogens (tertiary/aromatic N) is 2. The molecule has 4 aliphatic rings. The Balaban J connectivity index is 1.74. The summed E-state index contributed by atoms with van der Waals surface area (Å²) in [7, 11) is 2.15. The fourth-order valence-electron chi connectivity index (χ4n) is 6.58. The molecule has 0 spiro atoms. The second-order valence-electron chi connectivity index (χ2n) is 8.52. The predicted octanol–water partition coefficient (Wildman–Crippen LogP) is 3.68. The predicted molar refractivity (Wildman–Crippen MR) is 84.8 cm³/mol. The zero-order valence-electron chi connectivity index (χ0n) is 13.7. The molecule has 3 heteroatoms. The van der Waals surface area contributed by atoms with Crippen LogP contribution in [0.1, 0.15) is 64.2 Å². The molecular formula is C18H29N3. The van der Waals surface area contributed by atoms with E-state index >= 15 is 0 Å². The molecule has 21 heavy (non-hydrogen) atoms. The van der Waals surface area contributed by atoms with Crippen molar-refractivity contribution in [3.8, 4) is 0 Å². The lowest BCUT2D eigenvalue weighted by Gasteiger charge is -2.63. The van der Waals surface area contributed by atoms with Gasteiger partial charge in [0.05, 0.1) is 6.04 Å². The Morgan fingerprint density at radius 1 is 1.33 bits per heavy atom. The van der Waals surface area contributed by atoms with Crippen LogP contribution in [0.3, 0.4) is 0 Å². The van der Waals surface area contributed by atoms with Gasteiger partial charge in [-0.25, -0.2) is 4.98 Å². The molecule has 3 atom stereocenters. The van der Waals surface area contributed by atoms with Crippen LogP contribution in [-0.4, -0.2) is 16.1 Å². The molecule has 1 aromatic rings. The summed E-state index contributed by atoms with van der Waals surface area (Å²) in [5, 5.41) is 3.82. The van der Waals surface area contributed by atoms with Gasteiger partial charge in [0.15, 0.2) is 0 Å². The number of hydrogen-bond donors (Lipinski definition) is 1. The van der Waals surface area contributed by atoms with Crippen molar-refractivity contribution in [1.29, 1.82) is 0 Å². The number of imidazole rings is 1. The molecule has 0 saturated heterocycles. The van der Waals surface area contributed by atoms with E-state index in [1.165, 1.54) is 44.3 Å². The third-order valence-corrected chi connectivity index (χ3v) is 6.54. The van der Waals surface area contributed by atoms with Crippen LogP contribution in [0.4, 0.5) is 0 Å². The third kappa shape index (κ3) is 2.08. The van der Waals surface area contributed by atoms with Crippen molar-refractivity contribution in [1.82, 2.24) is 14.9 Å². The maximum Gasteiger partial charge on any atom is 0.126 e. The van der Waals surface area contributed by atoms with Crippen LogP contribution in [0.2, 0.25) is 0 Å². The van der Waals surface area contributed by atoms with Crippen molar-refractivity contribution in [2.24, 2.45) is 29.7 Å². The second kappa shape index (κ2) is 4.58. The fourth-order valence-corrected chi connectivity index (χ4v) is 6.58. The third-order valence-electron chi connectivity index (χ3n) is 6.54. The first-order valence-electron chi connectivity index (χ1n) is 8.74. The Hall–Kier alpha value is -0.830. The van der Waals surface area contributed by atoms with Gasteiger partial charge in [-0.2, -0.15) is 0 Å². The van der Waals surface area contributed by atoms with Gasteiger partial charge in [0, 0.05) is 19.4 Å². The van der Waals surface area contributed by atoms with E-state index in [0.717, 1.165) is 18.4 Å². The van der Waals surface area contributed by atoms with Crippen molar-refractivity contribution in [2.45, 2.75) is 58.4 Å². The minimum atomic E-state index is 0.438. The molecule has 1 aromatic heterocycles. The minimum Gasteiger partial charge on any atom is -0.337 e. The lowest BCUT2D eigenvalue weighted by molar-refractivity contribution is -0.120. The Morgan fingerprint density at radius 2 is 2.05 bits per heavy atom. The summed E-state index contributed by atoms with van der Waals surface area (Å²) in [5.74, 6) is 3.19. The van der Waals surface area contributed by atoms with E-state index in [1.807, 2.05) is 6.20 Å². The van der Waals surface area contributed by atoms with E-state index < -0.39 is 0 Å². The Morgan fingerprint density at radius 3 is 2.57 bits per heavy atom. The van der Waals surface area contributed by atoms with Gasteiger partial charge in [0.25, 0.3) is 0 Å². The van der Waals surface area contributed by atoms with E-state index in [9.17, 15) is 0 Å². The van der Waals surface area contributed by atoms with Crippen LogP contribution < -0.4 is 5.32 Å². The second-order valence-corrected chi connectivity index (χ2v) is 8.52. The van der Waals surface area contributed by atoms with Crippen LogP contribution >= 0.6 is 0 Å². The van der Waals surface area contributed by atoms with Crippen molar-refractivity contribution in [3.63, 3.8) is 0 Å². The van der Waals surface area contributed by atoms with Gasteiger partial charge >= 0.3 is 0 Å². The monoisotopic (exact) mass is 287 g/mol. The highest BCUT2D eigenvalue weighted by Crippen LogP contribution is 2.68. The standard InChI is InChI=1S/C18H29N3/c1-4-19-15(16-20-5-6-21(16)3)18-10-13-7-14(11-18)9-17(2,8-13)12-18/h5-6,13-15,19H,4,7-12H2,1-3H3. The van der Waals surface area contributed by atoms with Crippen LogP contribution in [0, 0.1) is 22.7 Å². The quantitative estimate of drug-likeness (QED) is 0.915. The largest absolute Gasteiger partial charge is 0.337 e. The topological polar surface area (TPSA) is 29.9 Å². The van der Waals surface area contributed by atoms with E-state index in [0.29, 0.717) is 16.9 Å². The molecule has 0 aliphatic heterocycles. The van der Waals surface area contributed by atoms with Crippen molar-refractivity contribution in [3.05, 3.63) is 18.2 Å². The van der Waals surface area contributed by atoms with Gasteiger partial charge in [-0.1, -0.05) is 13.8 Å². The molecule has 5 rings (SSSR count). The molecule has 0 aromatic carbocycles. The molecule has 1 N–H and O–H groups in total. The lowest BCUT2D eigenvalue weighted by Crippen LogP contribution is -2.55. The Kier molecular flexibility index (Phi) is 3.01. The Bertz CT molecular complexity index is 518. The van der Waals surface area contributed by atoms with Crippen LogP contribution in [0.15, 0.2) is 12.4 Å². The summed E-state index contributed by atoms with van der Waals surface area (Å²) in [4.78, 5) is 4.72. The van der Waals surface area contributed by atoms with Gasteiger partial charge in [0.1, 0.15) is 5.82 Å². The van der Waals surface area contributed by atoms with Crippen molar-refractivity contribution < 1.29 is 0 Å². The van der Waals surface area contributed by atoms with Gasteiger partial charge < -0.3 is 9.88 Å². The molecule has 0 amide bonds. The number of rotatable bonds is 4. The average molecular weight is 287 g/mol. The van der Waals surface area contributed by atoms with Gasteiger partial charge in [0.2, 0.25) is 0 Å². The lowest BCUT2D eigenvalue weighted by atomic mass is 9.43. The zero-order valence-corrected chi connectivity index (χ0v) is 13.7. The first kappa shape index (κ1) is 13.8. The fraction of sp³-hybridized carbons (Fsp3) is 0.833. The highest BCUT2D eigenvalue weighted by molar-refractivity contribution is 5.15. The van der Waals surface area contributed by atoms with Crippen molar-refractivity contribution >= 4 is 0 Å². The smallest absolute Gasteiger partial charge is 0.126 e. The van der Waals surface area contributed by atoms with Gasteiger partial charge in [-0.15, -0.1) is 0 Å². The SMILES string of the molecule is CCNC(c1nccn1C)C12CC3CC(CC(C)(C3)C1)C2. The summed E-state index contributed by atoms with van der Waals surface area (Å²) in [6.07, 6.45) is 12.8. The summed E-state index contributed by atoms with van der Waals surface area (Å²) in [6.45, 7) is 5.82. The van der Waals surface area contributed by atoms with Gasteiger partial charge in [-0.05, 0) is 67.7 Å². The summed E-state index contributed by atoms with van der Waals surface area (Å²) in [5.41, 5.74) is 1.05. The highest BCUT2D eigenvalue weighted by atomic mass is 15.1. The number of aryl methyl sites for hydroxylation is 1. The first-order chi connectivity index (χ1) is 10.0. The minimum absolute atomic E-state index is 0.438. The number of hydrogen-bond acceptors (Lipinski definition) is 2. The van der Waals surface area contributed by atoms with Crippen molar-refractivity contribution in [2.75, 3.05) is 6.54 Å². The zero-order chi connectivity index (χ0) is 14.7. The first-order valence-corrected chi connectivity index (χ1v) is 8.74. The maximum absolute atomic E-state index is 4.72. The molecule has 0 radical (unpaired) electrons. The number of aromatic nitrogens is 2.